The van der Waals surface area contributed by atoms with Crippen LogP contribution >= 0.6 is 0 Å². The number of Topliss-reactive ketones (excluding diaryl/α,β-unsaturated/α-hetero) is 1. The first kappa shape index (κ1) is 18.5. The van der Waals surface area contributed by atoms with Gasteiger partial charge in [0.05, 0.1) is 18.3 Å². The van der Waals surface area contributed by atoms with Crippen molar-refractivity contribution in [2.45, 2.75) is 50.6 Å². The van der Waals surface area contributed by atoms with E-state index in [0.29, 0.717) is 6.54 Å². The van der Waals surface area contributed by atoms with E-state index in [1.54, 1.807) is 41.7 Å². The number of rotatable bonds is 6. The molecule has 2 heterocycles. The van der Waals surface area contributed by atoms with Crippen LogP contribution in [0.15, 0.2) is 54.6 Å². The quantitative estimate of drug-likeness (QED) is 0.618. The Bertz CT molecular complexity index is 871. The zero-order valence-electron chi connectivity index (χ0n) is 15.8. The molecule has 2 unspecified atom stereocenters. The highest BCUT2D eigenvalue weighted by Gasteiger charge is 2.48. The predicted molar refractivity (Wildman–Crippen MR) is 105 cm³/mol. The first-order valence-corrected chi connectivity index (χ1v) is 9.93. The third kappa shape index (κ3) is 3.59. The lowest BCUT2D eigenvalue weighted by Crippen LogP contribution is -2.38. The largest absolute Gasteiger partial charge is 0.508 e. The van der Waals surface area contributed by atoms with Gasteiger partial charge in [-0.15, -0.1) is 0 Å². The molecule has 1 aliphatic carbocycles. The molecule has 1 amide bonds. The summed E-state index contributed by atoms with van der Waals surface area (Å²) in [6, 6.07) is 6.47. The number of amides is 1. The second-order valence-corrected chi connectivity index (χ2v) is 7.56. The van der Waals surface area contributed by atoms with Gasteiger partial charge in [-0.2, -0.15) is 0 Å². The highest BCUT2D eigenvalue weighted by molar-refractivity contribution is 6.40. The molecule has 1 N–H and O–H groups in total. The number of hydrogen-bond acceptors (Lipinski definition) is 4. The fourth-order valence-corrected chi connectivity index (χ4v) is 4.37. The molecule has 1 aromatic carbocycles. The number of carbonyl (C=O) groups excluding carboxylic acids is 2. The fourth-order valence-electron chi connectivity index (χ4n) is 4.37. The molecule has 0 radical (unpaired) electrons. The van der Waals surface area contributed by atoms with E-state index in [2.05, 4.69) is 11.1 Å². The summed E-state index contributed by atoms with van der Waals surface area (Å²) in [5.41, 5.74) is 2.00. The van der Waals surface area contributed by atoms with E-state index in [1.807, 2.05) is 10.8 Å². The van der Waals surface area contributed by atoms with E-state index < -0.39 is 5.92 Å². The van der Waals surface area contributed by atoms with Crippen molar-refractivity contribution in [3.8, 4) is 5.75 Å². The molecule has 6 heteroatoms. The number of benzene rings is 1. The maximum atomic E-state index is 12.9. The Morgan fingerprint density at radius 3 is 2.61 bits per heavy atom. The van der Waals surface area contributed by atoms with Gasteiger partial charge in [0.15, 0.2) is 0 Å². The van der Waals surface area contributed by atoms with E-state index in [9.17, 15) is 14.7 Å². The number of nitrogens with zero attached hydrogens (tertiary/aromatic N) is 3. The predicted octanol–water partition coefficient (Wildman–Crippen LogP) is 3.04. The lowest BCUT2D eigenvalue weighted by atomic mass is 9.82. The molecule has 1 aromatic heterocycles. The minimum atomic E-state index is -0.495. The van der Waals surface area contributed by atoms with Crippen molar-refractivity contribution in [2.75, 3.05) is 6.54 Å². The SMILES string of the molecule is O=C1C(=O)N(CCCn2ccnc2)C(C2=CCCCC2)C1c1ccc(O)cc1. The third-order valence-corrected chi connectivity index (χ3v) is 5.74. The van der Waals surface area contributed by atoms with Gasteiger partial charge in [-0.3, -0.25) is 9.59 Å². The summed E-state index contributed by atoms with van der Waals surface area (Å²) in [6.07, 6.45) is 12.6. The van der Waals surface area contributed by atoms with Crippen molar-refractivity contribution < 1.29 is 14.7 Å². The van der Waals surface area contributed by atoms with Crippen LogP contribution in [-0.4, -0.2) is 43.8 Å². The van der Waals surface area contributed by atoms with Crippen LogP contribution in [0.25, 0.3) is 0 Å². The standard InChI is InChI=1S/C22H25N3O3/c26-18-9-7-16(8-10-18)19-20(17-5-2-1-3-6-17)25(22(28)21(19)27)13-4-12-24-14-11-23-15-24/h5,7-11,14-15,19-20,26H,1-4,6,12-13H2. The zero-order valence-corrected chi connectivity index (χ0v) is 15.8. The van der Waals surface area contributed by atoms with Crippen molar-refractivity contribution >= 4 is 11.7 Å². The molecule has 2 atom stereocenters. The topological polar surface area (TPSA) is 75.4 Å². The van der Waals surface area contributed by atoms with E-state index in [4.69, 9.17) is 0 Å². The summed E-state index contributed by atoms with van der Waals surface area (Å²) in [7, 11) is 0. The normalized spacial score (nSPS) is 22.6. The lowest BCUT2D eigenvalue weighted by molar-refractivity contribution is -0.140. The first-order chi connectivity index (χ1) is 13.6. The Labute approximate surface area is 164 Å². The van der Waals surface area contributed by atoms with Gasteiger partial charge in [0.25, 0.3) is 5.91 Å². The van der Waals surface area contributed by atoms with Crippen LogP contribution in [0.2, 0.25) is 0 Å². The molecule has 6 nitrogen and oxygen atoms in total. The molecular weight excluding hydrogens is 354 g/mol. The van der Waals surface area contributed by atoms with Crippen LogP contribution in [0.4, 0.5) is 0 Å². The average Bonchev–Trinajstić information content (AvgIpc) is 3.32. The van der Waals surface area contributed by atoms with E-state index in [-0.39, 0.29) is 23.5 Å². The van der Waals surface area contributed by atoms with Gasteiger partial charge < -0.3 is 14.6 Å². The van der Waals surface area contributed by atoms with E-state index >= 15 is 0 Å². The molecule has 4 rings (SSSR count). The molecule has 1 saturated heterocycles. The Kier molecular flexibility index (Phi) is 5.28. The molecule has 0 bridgehead atoms. The maximum Gasteiger partial charge on any atom is 0.291 e. The van der Waals surface area contributed by atoms with Crippen molar-refractivity contribution in [1.82, 2.24) is 14.5 Å². The number of allylic oxidation sites excluding steroid dienone is 1. The van der Waals surface area contributed by atoms with Crippen LogP contribution in [0.1, 0.15) is 43.6 Å². The zero-order chi connectivity index (χ0) is 19.5. The Hall–Kier alpha value is -2.89. The summed E-state index contributed by atoms with van der Waals surface area (Å²) in [6.45, 7) is 1.30. The third-order valence-electron chi connectivity index (χ3n) is 5.74. The number of phenols is 1. The molecule has 28 heavy (non-hydrogen) atoms. The Morgan fingerprint density at radius 1 is 1.11 bits per heavy atom. The second-order valence-electron chi connectivity index (χ2n) is 7.56. The van der Waals surface area contributed by atoms with Crippen molar-refractivity contribution in [2.24, 2.45) is 0 Å². The van der Waals surface area contributed by atoms with Crippen molar-refractivity contribution in [3.63, 3.8) is 0 Å². The van der Waals surface area contributed by atoms with Crippen molar-refractivity contribution in [1.29, 1.82) is 0 Å². The van der Waals surface area contributed by atoms with Gasteiger partial charge in [-0.05, 0) is 49.8 Å². The summed E-state index contributed by atoms with van der Waals surface area (Å²) < 4.78 is 1.98. The minimum absolute atomic E-state index is 0.158. The molecule has 2 aromatic rings. The number of hydrogen-bond donors (Lipinski definition) is 1. The van der Waals surface area contributed by atoms with Gasteiger partial charge in [0.2, 0.25) is 5.78 Å². The summed E-state index contributed by atoms with van der Waals surface area (Å²) in [5, 5.41) is 9.61. The summed E-state index contributed by atoms with van der Waals surface area (Å²) >= 11 is 0. The van der Waals surface area contributed by atoms with Gasteiger partial charge >= 0.3 is 0 Å². The molecule has 2 aliphatic rings. The number of carbonyl (C=O) groups is 2. The maximum absolute atomic E-state index is 12.9. The molecule has 1 fully saturated rings. The molecule has 0 spiro atoms. The van der Waals surface area contributed by atoms with Gasteiger partial charge in [-0.1, -0.05) is 23.8 Å². The van der Waals surface area contributed by atoms with E-state index in [0.717, 1.165) is 44.2 Å². The second kappa shape index (κ2) is 8.00. The number of aromatic hydroxyl groups is 1. The van der Waals surface area contributed by atoms with E-state index in [1.165, 1.54) is 5.57 Å². The van der Waals surface area contributed by atoms with Crippen LogP contribution in [-0.2, 0) is 16.1 Å². The highest BCUT2D eigenvalue weighted by Crippen LogP contribution is 2.39. The first-order valence-electron chi connectivity index (χ1n) is 9.93. The molecule has 1 aliphatic heterocycles. The van der Waals surface area contributed by atoms with Gasteiger partial charge in [0.1, 0.15) is 5.75 Å². The number of ketones is 1. The number of aryl methyl sites for hydroxylation is 1. The van der Waals surface area contributed by atoms with Crippen LogP contribution < -0.4 is 0 Å². The number of likely N-dealkylation sites (tertiary alicyclic amines) is 1. The highest BCUT2D eigenvalue weighted by atomic mass is 16.3. The van der Waals surface area contributed by atoms with Crippen LogP contribution in [0.5, 0.6) is 5.75 Å². The molecule has 0 saturated carbocycles. The summed E-state index contributed by atoms with van der Waals surface area (Å²) in [4.78, 5) is 31.6. The number of aromatic nitrogens is 2. The average molecular weight is 379 g/mol. The minimum Gasteiger partial charge on any atom is -0.508 e. The summed E-state index contributed by atoms with van der Waals surface area (Å²) in [5.74, 6) is -1.07. The number of phenolic OH excluding ortho intramolecular Hbond substituents is 1. The molecular formula is C22H25N3O3. The van der Waals surface area contributed by atoms with Gasteiger partial charge in [0, 0.05) is 25.5 Å². The molecule has 146 valence electrons. The van der Waals surface area contributed by atoms with Gasteiger partial charge in [-0.25, -0.2) is 4.98 Å². The van der Waals surface area contributed by atoms with Crippen molar-refractivity contribution in [3.05, 3.63) is 60.2 Å². The Balaban J connectivity index is 1.61. The van der Waals surface area contributed by atoms with Crippen LogP contribution in [0, 0.1) is 0 Å². The monoisotopic (exact) mass is 379 g/mol. The number of imidazole rings is 1. The Morgan fingerprint density at radius 2 is 1.93 bits per heavy atom. The lowest BCUT2D eigenvalue weighted by Gasteiger charge is -2.31. The fraction of sp³-hybridized carbons (Fsp3) is 0.409. The van der Waals surface area contributed by atoms with Crippen LogP contribution in [0.3, 0.4) is 0 Å². The smallest absolute Gasteiger partial charge is 0.291 e.